The van der Waals surface area contributed by atoms with Crippen LogP contribution >= 0.6 is 12.4 Å². The molecular weight excluding hydrogens is 232 g/mol. The van der Waals surface area contributed by atoms with Gasteiger partial charge in [-0.3, -0.25) is 0 Å². The van der Waals surface area contributed by atoms with Gasteiger partial charge in [-0.05, 0) is 24.5 Å². The average molecular weight is 250 g/mol. The lowest BCUT2D eigenvalue weighted by molar-refractivity contribution is 0.418. The topological polar surface area (TPSA) is 26.0 Å². The standard InChI is InChI=1S/C12H17F2N.ClH/c1-4-7(2)12(15)10-9(13)6-5-8(3)11(10)14;/h5-7,12H,4,15H2,1-3H3;1H/t7?,12-;/m1./s1. The van der Waals surface area contributed by atoms with Crippen LogP contribution in [-0.2, 0) is 0 Å². The van der Waals surface area contributed by atoms with Crippen LogP contribution in [0, 0.1) is 24.5 Å². The fourth-order valence-corrected chi connectivity index (χ4v) is 1.52. The molecule has 0 saturated heterocycles. The second-order valence-electron chi connectivity index (χ2n) is 4.00. The molecule has 0 spiro atoms. The minimum Gasteiger partial charge on any atom is -0.324 e. The third-order valence-corrected chi connectivity index (χ3v) is 2.91. The Morgan fingerprint density at radius 3 is 2.38 bits per heavy atom. The zero-order valence-electron chi connectivity index (χ0n) is 9.76. The first-order chi connectivity index (χ1) is 6.99. The first-order valence-electron chi connectivity index (χ1n) is 5.19. The van der Waals surface area contributed by atoms with Gasteiger partial charge in [-0.25, -0.2) is 8.78 Å². The summed E-state index contributed by atoms with van der Waals surface area (Å²) in [7, 11) is 0. The number of hydrogen-bond acceptors (Lipinski definition) is 1. The normalized spacial score (nSPS) is 14.1. The van der Waals surface area contributed by atoms with E-state index in [9.17, 15) is 8.78 Å². The maximum atomic E-state index is 13.7. The molecule has 0 aliphatic carbocycles. The lowest BCUT2D eigenvalue weighted by atomic mass is 9.91. The van der Waals surface area contributed by atoms with E-state index in [1.165, 1.54) is 12.1 Å². The van der Waals surface area contributed by atoms with Gasteiger partial charge < -0.3 is 5.73 Å². The Morgan fingerprint density at radius 1 is 1.31 bits per heavy atom. The molecular formula is C12H18ClF2N. The van der Waals surface area contributed by atoms with Crippen molar-refractivity contribution < 1.29 is 8.78 Å². The summed E-state index contributed by atoms with van der Waals surface area (Å²) in [5.41, 5.74) is 6.29. The summed E-state index contributed by atoms with van der Waals surface area (Å²) in [4.78, 5) is 0. The number of rotatable bonds is 3. The van der Waals surface area contributed by atoms with Gasteiger partial charge in [0.15, 0.2) is 0 Å². The van der Waals surface area contributed by atoms with E-state index in [1.54, 1.807) is 6.92 Å². The highest BCUT2D eigenvalue weighted by Crippen LogP contribution is 2.27. The van der Waals surface area contributed by atoms with Crippen LogP contribution in [0.3, 0.4) is 0 Å². The van der Waals surface area contributed by atoms with Gasteiger partial charge in [0.05, 0.1) is 0 Å². The first kappa shape index (κ1) is 15.3. The molecule has 0 heterocycles. The van der Waals surface area contributed by atoms with Crippen LogP contribution in [0.1, 0.15) is 37.4 Å². The lowest BCUT2D eigenvalue weighted by Gasteiger charge is -2.20. The molecule has 0 fully saturated rings. The molecule has 0 aromatic heterocycles. The number of hydrogen-bond donors (Lipinski definition) is 1. The zero-order valence-corrected chi connectivity index (χ0v) is 10.6. The summed E-state index contributed by atoms with van der Waals surface area (Å²) >= 11 is 0. The minimum absolute atomic E-state index is 0. The predicted molar refractivity (Wildman–Crippen MR) is 64.7 cm³/mol. The van der Waals surface area contributed by atoms with E-state index in [0.717, 1.165) is 6.42 Å². The van der Waals surface area contributed by atoms with E-state index in [-0.39, 0.29) is 23.9 Å². The summed E-state index contributed by atoms with van der Waals surface area (Å²) in [5.74, 6) is -0.996. The first-order valence-corrected chi connectivity index (χ1v) is 5.19. The molecule has 0 radical (unpaired) electrons. The van der Waals surface area contributed by atoms with E-state index < -0.39 is 17.7 Å². The van der Waals surface area contributed by atoms with Crippen LogP contribution in [-0.4, -0.2) is 0 Å². The number of benzene rings is 1. The van der Waals surface area contributed by atoms with E-state index >= 15 is 0 Å². The van der Waals surface area contributed by atoms with Gasteiger partial charge in [0.25, 0.3) is 0 Å². The second-order valence-corrected chi connectivity index (χ2v) is 4.00. The molecule has 16 heavy (non-hydrogen) atoms. The number of aryl methyl sites for hydroxylation is 1. The SMILES string of the molecule is CCC(C)[C@@H](N)c1c(F)ccc(C)c1F.Cl. The van der Waals surface area contributed by atoms with Gasteiger partial charge in [0, 0.05) is 11.6 Å². The minimum atomic E-state index is -0.574. The molecule has 0 amide bonds. The van der Waals surface area contributed by atoms with Crippen molar-refractivity contribution in [3.63, 3.8) is 0 Å². The Bertz CT molecular complexity index is 355. The summed E-state index contributed by atoms with van der Waals surface area (Å²) in [6.07, 6.45) is 0.800. The maximum absolute atomic E-state index is 13.7. The molecule has 4 heteroatoms. The zero-order chi connectivity index (χ0) is 11.6. The van der Waals surface area contributed by atoms with E-state index in [0.29, 0.717) is 5.56 Å². The Hall–Kier alpha value is -0.670. The van der Waals surface area contributed by atoms with Gasteiger partial charge in [0.2, 0.25) is 0 Å². The van der Waals surface area contributed by atoms with Crippen LogP contribution in [0.4, 0.5) is 8.78 Å². The van der Waals surface area contributed by atoms with Gasteiger partial charge in [0.1, 0.15) is 11.6 Å². The molecule has 2 atom stereocenters. The summed E-state index contributed by atoms with van der Waals surface area (Å²) in [6, 6.07) is 2.13. The average Bonchev–Trinajstić information content (AvgIpc) is 2.22. The third kappa shape index (κ3) is 2.92. The van der Waals surface area contributed by atoms with E-state index in [2.05, 4.69) is 0 Å². The fraction of sp³-hybridized carbons (Fsp3) is 0.500. The van der Waals surface area contributed by atoms with Crippen LogP contribution in [0.5, 0.6) is 0 Å². The molecule has 2 N–H and O–H groups in total. The molecule has 92 valence electrons. The lowest BCUT2D eigenvalue weighted by Crippen LogP contribution is -2.21. The molecule has 0 aliphatic heterocycles. The Morgan fingerprint density at radius 2 is 1.88 bits per heavy atom. The molecule has 1 rings (SSSR count). The van der Waals surface area contributed by atoms with Crippen molar-refractivity contribution in [3.8, 4) is 0 Å². The van der Waals surface area contributed by atoms with Crippen LogP contribution in [0.2, 0.25) is 0 Å². The van der Waals surface area contributed by atoms with Crippen molar-refractivity contribution in [2.45, 2.75) is 33.2 Å². The second kappa shape index (κ2) is 6.16. The van der Waals surface area contributed by atoms with Crippen molar-refractivity contribution in [1.82, 2.24) is 0 Å². The molecule has 1 unspecified atom stereocenters. The van der Waals surface area contributed by atoms with Crippen molar-refractivity contribution >= 4 is 12.4 Å². The highest BCUT2D eigenvalue weighted by atomic mass is 35.5. The molecule has 1 aromatic carbocycles. The third-order valence-electron chi connectivity index (χ3n) is 2.91. The van der Waals surface area contributed by atoms with Gasteiger partial charge >= 0.3 is 0 Å². The van der Waals surface area contributed by atoms with Crippen molar-refractivity contribution in [2.75, 3.05) is 0 Å². The van der Waals surface area contributed by atoms with Crippen LogP contribution in [0.25, 0.3) is 0 Å². The van der Waals surface area contributed by atoms with Crippen molar-refractivity contribution in [1.29, 1.82) is 0 Å². The van der Waals surface area contributed by atoms with Crippen LogP contribution < -0.4 is 5.73 Å². The molecule has 1 aromatic rings. The quantitative estimate of drug-likeness (QED) is 0.868. The molecule has 0 saturated carbocycles. The number of nitrogens with two attached hydrogens (primary N) is 1. The Balaban J connectivity index is 0.00000225. The van der Waals surface area contributed by atoms with E-state index in [4.69, 9.17) is 5.73 Å². The fourth-order valence-electron chi connectivity index (χ4n) is 1.52. The van der Waals surface area contributed by atoms with Crippen LogP contribution in [0.15, 0.2) is 12.1 Å². The molecule has 1 nitrogen and oxygen atoms in total. The molecule has 0 bridgehead atoms. The Kier molecular flexibility index (Phi) is 5.90. The monoisotopic (exact) mass is 249 g/mol. The van der Waals surface area contributed by atoms with Gasteiger partial charge in [-0.15, -0.1) is 12.4 Å². The van der Waals surface area contributed by atoms with Crippen molar-refractivity contribution in [3.05, 3.63) is 34.9 Å². The highest BCUT2D eigenvalue weighted by molar-refractivity contribution is 5.85. The largest absolute Gasteiger partial charge is 0.324 e. The Labute approximate surface area is 101 Å². The summed E-state index contributed by atoms with van der Waals surface area (Å²) < 4.78 is 27.1. The smallest absolute Gasteiger partial charge is 0.133 e. The predicted octanol–water partition coefficient (Wildman–Crippen LogP) is 3.74. The van der Waals surface area contributed by atoms with Gasteiger partial charge in [-0.1, -0.05) is 26.3 Å². The summed E-state index contributed by atoms with van der Waals surface area (Å²) in [5, 5.41) is 0. The maximum Gasteiger partial charge on any atom is 0.133 e. The molecule has 0 aliphatic rings. The van der Waals surface area contributed by atoms with E-state index in [1.807, 2.05) is 13.8 Å². The highest BCUT2D eigenvalue weighted by Gasteiger charge is 2.22. The van der Waals surface area contributed by atoms with Gasteiger partial charge in [-0.2, -0.15) is 0 Å². The number of halogens is 3. The van der Waals surface area contributed by atoms with Crippen molar-refractivity contribution in [2.24, 2.45) is 11.7 Å². The summed E-state index contributed by atoms with van der Waals surface area (Å²) in [6.45, 7) is 5.46.